The molecule has 0 amide bonds. The number of aliphatic carboxylic acids is 1. The maximum atomic E-state index is 10.6. The summed E-state index contributed by atoms with van der Waals surface area (Å²) in [5.74, 6) is -2.76. The number of carboxylic acids is 1. The highest BCUT2D eigenvalue weighted by atomic mass is 19.4. The highest BCUT2D eigenvalue weighted by molar-refractivity contribution is 5.90. The molecule has 0 saturated heterocycles. The number of carbonyl (C=O) groups is 1. The highest BCUT2D eigenvalue weighted by Gasteiger charge is 2.38. The molecule has 0 saturated carbocycles. The lowest BCUT2D eigenvalue weighted by Gasteiger charge is -2.15. The molecule has 0 aliphatic heterocycles. The van der Waals surface area contributed by atoms with Crippen LogP contribution in [0, 0.1) is 22.7 Å². The summed E-state index contributed by atoms with van der Waals surface area (Å²) in [7, 11) is 0. The van der Waals surface area contributed by atoms with E-state index in [0.717, 1.165) is 27.9 Å². The van der Waals surface area contributed by atoms with Gasteiger partial charge in [-0.3, -0.25) is 4.68 Å². The van der Waals surface area contributed by atoms with E-state index >= 15 is 0 Å². The standard InChI is InChI=1S/C19H13N7.C2HF3O2/c20-6-4-17(14-3-1-2-13(8-14)9-21)26-11-15(10-25-26)18-16-5-7-22-19(16)24-12-23-18;3-2(4,5)1(6)7/h1-3,5,7-8,10-12,17H,4H2,(H,22,23,24);(H,6,7)/t17-;/m0./s1. The fourth-order valence-electron chi connectivity index (χ4n) is 3.00. The van der Waals surface area contributed by atoms with Gasteiger partial charge in [0, 0.05) is 23.3 Å². The van der Waals surface area contributed by atoms with Gasteiger partial charge >= 0.3 is 12.1 Å². The quantitative estimate of drug-likeness (QED) is 0.478. The van der Waals surface area contributed by atoms with Crippen LogP contribution in [-0.4, -0.2) is 42.0 Å². The van der Waals surface area contributed by atoms with Crippen molar-refractivity contribution in [1.82, 2.24) is 24.7 Å². The molecule has 1 atom stereocenters. The zero-order valence-electron chi connectivity index (χ0n) is 16.7. The van der Waals surface area contributed by atoms with Crippen molar-refractivity contribution < 1.29 is 23.1 Å². The number of benzene rings is 1. The fourth-order valence-corrected chi connectivity index (χ4v) is 3.00. The van der Waals surface area contributed by atoms with Crippen LogP contribution in [0.3, 0.4) is 0 Å². The molecule has 2 N–H and O–H groups in total. The molecule has 0 fully saturated rings. The number of nitrogens with zero attached hydrogens (tertiary/aromatic N) is 6. The van der Waals surface area contributed by atoms with Gasteiger partial charge in [-0.05, 0) is 23.8 Å². The average molecular weight is 453 g/mol. The molecule has 3 heterocycles. The Kier molecular flexibility index (Phi) is 6.69. The summed E-state index contributed by atoms with van der Waals surface area (Å²) in [6.45, 7) is 0. The first-order chi connectivity index (χ1) is 15.7. The number of alkyl halides is 3. The SMILES string of the molecule is N#CC[C@@H](c1cccc(C#N)c1)n1cc(-c2ncnc3[nH]ccc23)cn1.O=C(O)C(F)(F)F. The monoisotopic (exact) mass is 453 g/mol. The van der Waals surface area contributed by atoms with Gasteiger partial charge in [0.25, 0.3) is 0 Å². The molecule has 1 aromatic carbocycles. The van der Waals surface area contributed by atoms with Gasteiger partial charge in [0.05, 0.1) is 42.1 Å². The van der Waals surface area contributed by atoms with E-state index in [4.69, 9.17) is 15.2 Å². The first-order valence-corrected chi connectivity index (χ1v) is 9.24. The molecule has 0 aliphatic carbocycles. The Hall–Kier alpha value is -4.71. The summed E-state index contributed by atoms with van der Waals surface area (Å²) in [5.41, 5.74) is 3.82. The van der Waals surface area contributed by atoms with Crippen molar-refractivity contribution >= 4 is 17.0 Å². The molecular formula is C21H14F3N7O2. The van der Waals surface area contributed by atoms with E-state index in [1.807, 2.05) is 30.6 Å². The zero-order chi connectivity index (χ0) is 24.0. The summed E-state index contributed by atoms with van der Waals surface area (Å²) in [5, 5.41) is 30.8. The van der Waals surface area contributed by atoms with E-state index in [2.05, 4.69) is 32.2 Å². The lowest BCUT2D eigenvalue weighted by atomic mass is 10.0. The summed E-state index contributed by atoms with van der Waals surface area (Å²) in [6, 6.07) is 13.2. The molecule has 0 unspecified atom stereocenters. The molecule has 0 bridgehead atoms. The number of nitrogens with one attached hydrogen (secondary N) is 1. The molecule has 9 nitrogen and oxygen atoms in total. The third-order valence-corrected chi connectivity index (χ3v) is 4.48. The number of halogens is 3. The van der Waals surface area contributed by atoms with Crippen LogP contribution < -0.4 is 0 Å². The Balaban J connectivity index is 0.000000383. The summed E-state index contributed by atoms with van der Waals surface area (Å²) in [4.78, 5) is 20.5. The van der Waals surface area contributed by atoms with Gasteiger partial charge in [0.2, 0.25) is 0 Å². The number of H-pyrrole nitrogens is 1. The van der Waals surface area contributed by atoms with Crippen molar-refractivity contribution in [2.24, 2.45) is 0 Å². The molecule has 4 aromatic rings. The number of aromatic amines is 1. The van der Waals surface area contributed by atoms with Crippen LogP contribution >= 0.6 is 0 Å². The van der Waals surface area contributed by atoms with Crippen LogP contribution in [0.4, 0.5) is 13.2 Å². The van der Waals surface area contributed by atoms with Crippen molar-refractivity contribution in [1.29, 1.82) is 10.5 Å². The first kappa shape index (κ1) is 23.0. The topological polar surface area (TPSA) is 144 Å². The van der Waals surface area contributed by atoms with E-state index in [0.29, 0.717) is 5.56 Å². The molecule has 4 rings (SSSR count). The van der Waals surface area contributed by atoms with Gasteiger partial charge in [-0.2, -0.15) is 28.8 Å². The van der Waals surface area contributed by atoms with Crippen molar-refractivity contribution in [3.05, 3.63) is 66.4 Å². The number of nitriles is 2. The molecule has 3 aromatic heterocycles. The van der Waals surface area contributed by atoms with Gasteiger partial charge in [-0.1, -0.05) is 12.1 Å². The summed E-state index contributed by atoms with van der Waals surface area (Å²) < 4.78 is 33.5. The third-order valence-electron chi connectivity index (χ3n) is 4.48. The Labute approximate surface area is 184 Å². The normalized spacial score (nSPS) is 11.7. The second-order valence-corrected chi connectivity index (χ2v) is 6.59. The van der Waals surface area contributed by atoms with Gasteiger partial charge in [0.1, 0.15) is 12.0 Å². The second kappa shape index (κ2) is 9.62. The largest absolute Gasteiger partial charge is 0.490 e. The Morgan fingerprint density at radius 3 is 2.67 bits per heavy atom. The highest BCUT2D eigenvalue weighted by Crippen LogP contribution is 2.28. The van der Waals surface area contributed by atoms with Crippen molar-refractivity contribution in [2.75, 3.05) is 0 Å². The van der Waals surface area contributed by atoms with Gasteiger partial charge in [-0.15, -0.1) is 0 Å². The number of aromatic nitrogens is 5. The Bertz CT molecular complexity index is 1360. The minimum atomic E-state index is -5.08. The predicted molar refractivity (Wildman–Crippen MR) is 108 cm³/mol. The summed E-state index contributed by atoms with van der Waals surface area (Å²) in [6.07, 6.45) is 2.09. The molecule has 166 valence electrons. The number of carboxylic acid groups (broad SMARTS) is 1. The third kappa shape index (κ3) is 5.32. The lowest BCUT2D eigenvalue weighted by molar-refractivity contribution is -0.192. The van der Waals surface area contributed by atoms with Gasteiger partial charge < -0.3 is 10.1 Å². The van der Waals surface area contributed by atoms with E-state index in [9.17, 15) is 18.4 Å². The van der Waals surface area contributed by atoms with Gasteiger partial charge in [0.15, 0.2) is 0 Å². The van der Waals surface area contributed by atoms with Crippen molar-refractivity contribution in [3.8, 4) is 23.4 Å². The van der Waals surface area contributed by atoms with Crippen molar-refractivity contribution in [3.63, 3.8) is 0 Å². The van der Waals surface area contributed by atoms with Gasteiger partial charge in [-0.25, -0.2) is 14.8 Å². The van der Waals surface area contributed by atoms with E-state index in [1.54, 1.807) is 23.0 Å². The lowest BCUT2D eigenvalue weighted by Crippen LogP contribution is -2.21. The fraction of sp³-hybridized carbons (Fsp3) is 0.143. The maximum Gasteiger partial charge on any atom is 0.490 e. The second-order valence-electron chi connectivity index (χ2n) is 6.59. The number of hydrogen-bond donors (Lipinski definition) is 2. The zero-order valence-corrected chi connectivity index (χ0v) is 16.7. The van der Waals surface area contributed by atoms with E-state index in [1.165, 1.54) is 6.33 Å². The molecule has 12 heteroatoms. The van der Waals surface area contributed by atoms with Crippen LogP contribution in [0.2, 0.25) is 0 Å². The number of hydrogen-bond acceptors (Lipinski definition) is 6. The molecular weight excluding hydrogens is 439 g/mol. The maximum absolute atomic E-state index is 10.6. The first-order valence-electron chi connectivity index (χ1n) is 9.24. The number of fused-ring (bicyclic) bond motifs is 1. The van der Waals surface area contributed by atoms with Crippen LogP contribution in [0.15, 0.2) is 55.2 Å². The molecule has 33 heavy (non-hydrogen) atoms. The van der Waals surface area contributed by atoms with Crippen LogP contribution in [0.25, 0.3) is 22.3 Å². The average Bonchev–Trinajstić information content (AvgIpc) is 3.47. The molecule has 0 spiro atoms. The van der Waals surface area contributed by atoms with Crippen LogP contribution in [0.1, 0.15) is 23.6 Å². The predicted octanol–water partition coefficient (Wildman–Crippen LogP) is 3.83. The van der Waals surface area contributed by atoms with Crippen LogP contribution in [0.5, 0.6) is 0 Å². The minimum absolute atomic E-state index is 0.249. The Morgan fingerprint density at radius 2 is 2.00 bits per heavy atom. The minimum Gasteiger partial charge on any atom is -0.475 e. The molecule has 0 aliphatic rings. The number of rotatable bonds is 4. The Morgan fingerprint density at radius 1 is 1.24 bits per heavy atom. The summed E-state index contributed by atoms with van der Waals surface area (Å²) >= 11 is 0. The smallest absolute Gasteiger partial charge is 0.475 e. The van der Waals surface area contributed by atoms with E-state index < -0.39 is 12.1 Å². The van der Waals surface area contributed by atoms with E-state index in [-0.39, 0.29) is 12.5 Å². The van der Waals surface area contributed by atoms with Crippen LogP contribution in [-0.2, 0) is 4.79 Å². The van der Waals surface area contributed by atoms with Crippen molar-refractivity contribution in [2.45, 2.75) is 18.6 Å². The molecule has 0 radical (unpaired) electrons.